The summed E-state index contributed by atoms with van der Waals surface area (Å²) in [6.45, 7) is 0. The number of nitro groups is 1. The van der Waals surface area contributed by atoms with E-state index in [-0.39, 0.29) is 21.9 Å². The molecule has 1 heterocycles. The summed E-state index contributed by atoms with van der Waals surface area (Å²) in [5.41, 5.74) is -0.185. The maximum absolute atomic E-state index is 12.3. The zero-order valence-electron chi connectivity index (χ0n) is 14.3. The highest BCUT2D eigenvalue weighted by atomic mass is 32.2. The number of benzene rings is 2. The Kier molecular flexibility index (Phi) is 5.10. The van der Waals surface area contributed by atoms with Gasteiger partial charge in [0.2, 0.25) is 0 Å². The van der Waals surface area contributed by atoms with Gasteiger partial charge in [-0.3, -0.25) is 30.3 Å². The Labute approximate surface area is 163 Å². The smallest absolute Gasteiger partial charge is 0.339 e. The van der Waals surface area contributed by atoms with Crippen LogP contribution in [-0.2, 0) is 19.7 Å². The lowest BCUT2D eigenvalue weighted by Gasteiger charge is -2.13. The molecule has 0 aliphatic carbocycles. The van der Waals surface area contributed by atoms with Gasteiger partial charge < -0.3 is 4.18 Å². The normalized spacial score (nSPS) is 14.1. The van der Waals surface area contributed by atoms with E-state index in [2.05, 4.69) is 0 Å². The van der Waals surface area contributed by atoms with Crippen molar-refractivity contribution in [2.45, 2.75) is 4.90 Å². The third kappa shape index (κ3) is 4.44. The van der Waals surface area contributed by atoms with Crippen molar-refractivity contribution in [2.75, 3.05) is 0 Å². The van der Waals surface area contributed by atoms with E-state index in [4.69, 9.17) is 4.18 Å². The van der Waals surface area contributed by atoms with E-state index in [0.717, 1.165) is 24.3 Å². The number of hydrogen-bond acceptors (Lipinski definition) is 8. The van der Waals surface area contributed by atoms with E-state index in [0.29, 0.717) is 5.56 Å². The molecule has 0 spiro atoms. The molecule has 0 saturated carbocycles. The lowest BCUT2D eigenvalue weighted by molar-refractivity contribution is -0.384. The van der Waals surface area contributed by atoms with Crippen LogP contribution in [0.5, 0.6) is 5.75 Å². The Balaban J connectivity index is 1.77. The van der Waals surface area contributed by atoms with E-state index in [1.165, 1.54) is 30.3 Å². The monoisotopic (exact) mass is 417 g/mol. The lowest BCUT2D eigenvalue weighted by atomic mass is 10.1. The lowest BCUT2D eigenvalue weighted by Crippen LogP contribution is -2.51. The first-order valence-corrected chi connectivity index (χ1v) is 9.24. The third-order valence-electron chi connectivity index (χ3n) is 3.68. The maximum Gasteiger partial charge on any atom is 0.339 e. The van der Waals surface area contributed by atoms with Crippen LogP contribution in [0.1, 0.15) is 5.56 Å². The highest BCUT2D eigenvalue weighted by Gasteiger charge is 2.27. The van der Waals surface area contributed by atoms with Gasteiger partial charge in [0.1, 0.15) is 16.2 Å². The summed E-state index contributed by atoms with van der Waals surface area (Å²) in [5.74, 6) is -1.78. The Morgan fingerprint density at radius 3 is 1.97 bits per heavy atom. The van der Waals surface area contributed by atoms with Gasteiger partial charge in [-0.2, -0.15) is 8.42 Å². The van der Waals surface area contributed by atoms with Gasteiger partial charge in [-0.05, 0) is 35.9 Å². The number of non-ortho nitro benzene ring substituents is 1. The molecule has 3 rings (SSSR count). The summed E-state index contributed by atoms with van der Waals surface area (Å²) in [6.07, 6.45) is 1.21. The van der Waals surface area contributed by atoms with Crippen LogP contribution in [0.15, 0.2) is 59.0 Å². The van der Waals surface area contributed by atoms with Crippen LogP contribution in [0.25, 0.3) is 6.08 Å². The molecule has 0 radical (unpaired) electrons. The molecular formula is C17H11N3O8S. The molecule has 1 fully saturated rings. The van der Waals surface area contributed by atoms with Gasteiger partial charge in [-0.25, -0.2) is 4.79 Å². The van der Waals surface area contributed by atoms with Crippen LogP contribution in [0.3, 0.4) is 0 Å². The average molecular weight is 417 g/mol. The van der Waals surface area contributed by atoms with E-state index < -0.39 is 32.9 Å². The predicted molar refractivity (Wildman–Crippen MR) is 97.0 cm³/mol. The number of nitrogens with zero attached hydrogens (tertiary/aromatic N) is 1. The molecule has 0 bridgehead atoms. The van der Waals surface area contributed by atoms with Gasteiger partial charge in [0.15, 0.2) is 0 Å². The number of amides is 4. The number of carbonyl (C=O) groups is 3. The Bertz CT molecular complexity index is 1130. The Morgan fingerprint density at radius 1 is 0.897 bits per heavy atom. The third-order valence-corrected chi connectivity index (χ3v) is 4.94. The Morgan fingerprint density at radius 2 is 1.45 bits per heavy atom. The minimum atomic E-state index is -4.22. The first kappa shape index (κ1) is 19.7. The summed E-state index contributed by atoms with van der Waals surface area (Å²) in [4.78, 5) is 44.1. The molecular weight excluding hydrogens is 406 g/mol. The van der Waals surface area contributed by atoms with Crippen molar-refractivity contribution in [3.63, 3.8) is 0 Å². The number of barbiturate groups is 1. The molecule has 2 aromatic carbocycles. The first-order chi connectivity index (χ1) is 13.7. The molecule has 2 aromatic rings. The highest BCUT2D eigenvalue weighted by molar-refractivity contribution is 7.87. The molecule has 1 aliphatic rings. The Hall–Kier alpha value is -4.06. The number of nitro benzene ring substituents is 1. The minimum Gasteiger partial charge on any atom is -0.379 e. The maximum atomic E-state index is 12.3. The number of urea groups is 1. The van der Waals surface area contributed by atoms with Crippen LogP contribution >= 0.6 is 0 Å². The van der Waals surface area contributed by atoms with Crippen molar-refractivity contribution in [1.82, 2.24) is 10.6 Å². The fraction of sp³-hybridized carbons (Fsp3) is 0. The fourth-order valence-corrected chi connectivity index (χ4v) is 3.23. The second kappa shape index (κ2) is 7.52. The molecule has 0 atom stereocenters. The second-order valence-corrected chi connectivity index (χ2v) is 7.20. The highest BCUT2D eigenvalue weighted by Crippen LogP contribution is 2.22. The van der Waals surface area contributed by atoms with E-state index >= 15 is 0 Å². The minimum absolute atomic E-state index is 0.0572. The number of imide groups is 2. The summed E-state index contributed by atoms with van der Waals surface area (Å²) in [5, 5.41) is 14.5. The fourth-order valence-electron chi connectivity index (χ4n) is 2.30. The summed E-state index contributed by atoms with van der Waals surface area (Å²) < 4.78 is 29.5. The van der Waals surface area contributed by atoms with E-state index in [1.54, 1.807) is 0 Å². The van der Waals surface area contributed by atoms with Gasteiger partial charge in [0.05, 0.1) is 4.92 Å². The predicted octanol–water partition coefficient (Wildman–Crippen LogP) is 1.11. The van der Waals surface area contributed by atoms with E-state index in [1.807, 2.05) is 10.6 Å². The van der Waals surface area contributed by atoms with Gasteiger partial charge in [0, 0.05) is 12.1 Å². The number of carbonyl (C=O) groups excluding carboxylic acids is 3. The van der Waals surface area contributed by atoms with Crippen molar-refractivity contribution >= 4 is 39.7 Å². The molecule has 4 amide bonds. The van der Waals surface area contributed by atoms with Gasteiger partial charge in [-0.15, -0.1) is 0 Å². The number of hydrogen-bond donors (Lipinski definition) is 2. The molecule has 29 heavy (non-hydrogen) atoms. The van der Waals surface area contributed by atoms with E-state index in [9.17, 15) is 32.9 Å². The molecule has 11 nitrogen and oxygen atoms in total. The van der Waals surface area contributed by atoms with Crippen molar-refractivity contribution in [3.05, 3.63) is 69.8 Å². The van der Waals surface area contributed by atoms with Crippen molar-refractivity contribution < 1.29 is 31.9 Å². The molecule has 2 N–H and O–H groups in total. The molecule has 1 saturated heterocycles. The average Bonchev–Trinajstić information content (AvgIpc) is 2.66. The molecule has 148 valence electrons. The first-order valence-electron chi connectivity index (χ1n) is 7.83. The zero-order valence-corrected chi connectivity index (χ0v) is 15.1. The number of rotatable bonds is 5. The van der Waals surface area contributed by atoms with Crippen molar-refractivity contribution in [3.8, 4) is 5.75 Å². The van der Waals surface area contributed by atoms with Gasteiger partial charge in [0.25, 0.3) is 17.5 Å². The van der Waals surface area contributed by atoms with Crippen LogP contribution in [0.4, 0.5) is 10.5 Å². The summed E-state index contributed by atoms with van der Waals surface area (Å²) in [7, 11) is -4.22. The van der Waals surface area contributed by atoms with Crippen LogP contribution in [-0.4, -0.2) is 31.2 Å². The SMILES string of the molecule is O=C1NC(=O)C(=Cc2ccc(OS(=O)(=O)c3ccc([N+](=O)[O-])cc3)cc2)C(=O)N1. The quantitative estimate of drug-likeness (QED) is 0.240. The number of nitrogens with one attached hydrogen (secondary N) is 2. The van der Waals surface area contributed by atoms with Crippen LogP contribution in [0.2, 0.25) is 0 Å². The van der Waals surface area contributed by atoms with Gasteiger partial charge >= 0.3 is 16.1 Å². The molecule has 1 aliphatic heterocycles. The summed E-state index contributed by atoms with van der Waals surface area (Å²) in [6, 6.07) is 8.62. The van der Waals surface area contributed by atoms with Crippen LogP contribution < -0.4 is 14.8 Å². The van der Waals surface area contributed by atoms with Crippen LogP contribution in [0, 0.1) is 10.1 Å². The second-order valence-electron chi connectivity index (χ2n) is 5.65. The standard InChI is InChI=1S/C17H11N3O8S/c21-15-14(16(22)19-17(23)18-15)9-10-1-5-12(6-2-10)28-29(26,27)13-7-3-11(4-8-13)20(24)25/h1-9H,(H2,18,19,21,22,23). The summed E-state index contributed by atoms with van der Waals surface area (Å²) >= 11 is 0. The zero-order chi connectivity index (χ0) is 21.2. The molecule has 0 aromatic heterocycles. The van der Waals surface area contributed by atoms with Crippen molar-refractivity contribution in [1.29, 1.82) is 0 Å². The molecule has 0 unspecified atom stereocenters. The topological polar surface area (TPSA) is 162 Å². The molecule has 12 heteroatoms. The largest absolute Gasteiger partial charge is 0.379 e. The van der Waals surface area contributed by atoms with Crippen molar-refractivity contribution in [2.24, 2.45) is 0 Å². The van der Waals surface area contributed by atoms with Gasteiger partial charge in [-0.1, -0.05) is 12.1 Å².